The highest BCUT2D eigenvalue weighted by atomic mass is 16.6. The van der Waals surface area contributed by atoms with Crippen molar-refractivity contribution in [3.8, 4) is 0 Å². The minimum Gasteiger partial charge on any atom is -0.462 e. The molecule has 0 heterocycles. The van der Waals surface area contributed by atoms with Crippen LogP contribution in [-0.2, 0) is 28.6 Å². The second-order valence-electron chi connectivity index (χ2n) is 20.9. The molecule has 0 rings (SSSR count). The molecular weight excluding hydrogens is 925 g/mol. The minimum atomic E-state index is -0.788. The lowest BCUT2D eigenvalue weighted by Gasteiger charge is -2.18. The van der Waals surface area contributed by atoms with Crippen molar-refractivity contribution >= 4 is 17.9 Å². The van der Waals surface area contributed by atoms with Gasteiger partial charge in [0.05, 0.1) is 0 Å². The minimum absolute atomic E-state index is 0.0832. The van der Waals surface area contributed by atoms with Gasteiger partial charge in [-0.25, -0.2) is 0 Å². The van der Waals surface area contributed by atoms with Crippen molar-refractivity contribution in [3.05, 3.63) is 97.2 Å². The predicted molar refractivity (Wildman–Crippen MR) is 325 cm³/mol. The molecule has 0 spiro atoms. The maximum atomic E-state index is 12.9. The number of carbonyl (C=O) groups is 3. The molecule has 0 radical (unpaired) electrons. The SMILES string of the molecule is CC/C=C\C/C=C\C/C=C\C/C=C\C/C=C\C/C=C\CCCCCCCCCCC(=O)OCC(COC(=O)CCCCCCCCCCCCCCCCC)OC(=O)CCCCCCC/C=C\C/C=C\CCCCC. The van der Waals surface area contributed by atoms with E-state index in [2.05, 4.69) is 118 Å². The summed E-state index contributed by atoms with van der Waals surface area (Å²) in [4.78, 5) is 38.3. The Bertz CT molecular complexity index is 1480. The lowest BCUT2D eigenvalue weighted by Crippen LogP contribution is -2.30. The van der Waals surface area contributed by atoms with Crippen LogP contribution in [-0.4, -0.2) is 37.2 Å². The summed E-state index contributed by atoms with van der Waals surface area (Å²) in [6.07, 6.45) is 84.0. The smallest absolute Gasteiger partial charge is 0.306 e. The van der Waals surface area contributed by atoms with Crippen molar-refractivity contribution in [3.63, 3.8) is 0 Å². The Hall–Kier alpha value is -3.67. The number of hydrogen-bond donors (Lipinski definition) is 0. The second-order valence-corrected chi connectivity index (χ2v) is 20.9. The van der Waals surface area contributed by atoms with Crippen LogP contribution in [0, 0.1) is 0 Å². The average molecular weight is 1040 g/mol. The first-order chi connectivity index (χ1) is 37.0. The molecule has 1 unspecified atom stereocenters. The van der Waals surface area contributed by atoms with Gasteiger partial charge in [0.15, 0.2) is 6.10 Å². The summed E-state index contributed by atoms with van der Waals surface area (Å²) < 4.78 is 16.9. The summed E-state index contributed by atoms with van der Waals surface area (Å²) in [6.45, 7) is 6.51. The van der Waals surface area contributed by atoms with E-state index in [0.717, 1.165) is 128 Å². The first-order valence-corrected chi connectivity index (χ1v) is 31.7. The molecule has 0 aliphatic rings. The standard InChI is InChI=1S/C69H118O6/c1-4-7-10-13-16-19-22-25-28-29-30-31-32-33-34-35-36-37-38-39-42-44-47-50-53-56-59-62-68(71)74-65-66(75-69(72)63-60-57-54-51-48-45-41-27-24-21-18-15-12-9-6-3)64-73-67(70)61-58-55-52-49-46-43-40-26-23-20-17-14-11-8-5-2/h7,10,16,18-19,21,25,27-28,30-31,33-34,36-37,41,66H,4-6,8-9,11-15,17,20,22-24,26,29,32,35,38-40,42-65H2,1-3H3/b10-7-,19-16-,21-18-,28-25-,31-30-,34-33-,37-36-,41-27-. The number of hydrogen-bond acceptors (Lipinski definition) is 6. The quantitative estimate of drug-likeness (QED) is 0.0261. The first kappa shape index (κ1) is 71.3. The van der Waals surface area contributed by atoms with Crippen LogP contribution >= 0.6 is 0 Å². The van der Waals surface area contributed by atoms with Crippen molar-refractivity contribution in [2.24, 2.45) is 0 Å². The topological polar surface area (TPSA) is 78.9 Å². The number of allylic oxidation sites excluding steroid dienone is 16. The molecule has 0 aliphatic carbocycles. The fourth-order valence-corrected chi connectivity index (χ4v) is 8.83. The third-order valence-electron chi connectivity index (χ3n) is 13.6. The number of rotatable bonds is 57. The van der Waals surface area contributed by atoms with Crippen LogP contribution in [0.15, 0.2) is 97.2 Å². The van der Waals surface area contributed by atoms with E-state index in [9.17, 15) is 14.4 Å². The molecular formula is C69H118O6. The Balaban J connectivity index is 4.34. The van der Waals surface area contributed by atoms with Gasteiger partial charge in [-0.15, -0.1) is 0 Å². The summed E-state index contributed by atoms with van der Waals surface area (Å²) in [7, 11) is 0. The number of unbranched alkanes of at least 4 members (excludes halogenated alkanes) is 30. The lowest BCUT2D eigenvalue weighted by atomic mass is 10.0. The van der Waals surface area contributed by atoms with Crippen molar-refractivity contribution in [2.45, 2.75) is 309 Å². The summed E-state index contributed by atoms with van der Waals surface area (Å²) in [5.74, 6) is -0.895. The fourth-order valence-electron chi connectivity index (χ4n) is 8.83. The summed E-state index contributed by atoms with van der Waals surface area (Å²) in [6, 6.07) is 0. The molecule has 0 amide bonds. The number of carbonyl (C=O) groups excluding carboxylic acids is 3. The molecule has 6 heteroatoms. The van der Waals surface area contributed by atoms with Crippen molar-refractivity contribution in [1.29, 1.82) is 0 Å². The molecule has 430 valence electrons. The van der Waals surface area contributed by atoms with Crippen LogP contribution in [0.1, 0.15) is 303 Å². The maximum absolute atomic E-state index is 12.9. The monoisotopic (exact) mass is 1040 g/mol. The molecule has 6 nitrogen and oxygen atoms in total. The molecule has 0 aromatic rings. The van der Waals surface area contributed by atoms with Crippen LogP contribution in [0.25, 0.3) is 0 Å². The fraction of sp³-hybridized carbons (Fsp3) is 0.725. The second kappa shape index (κ2) is 62.9. The van der Waals surface area contributed by atoms with E-state index in [1.807, 2.05) is 0 Å². The Labute approximate surface area is 464 Å². The normalized spacial score (nSPS) is 12.7. The third-order valence-corrected chi connectivity index (χ3v) is 13.6. The molecule has 0 aliphatic heterocycles. The van der Waals surface area contributed by atoms with Crippen LogP contribution in [0.4, 0.5) is 0 Å². The zero-order chi connectivity index (χ0) is 54.3. The van der Waals surface area contributed by atoms with E-state index in [-0.39, 0.29) is 31.1 Å². The zero-order valence-corrected chi connectivity index (χ0v) is 49.3. The van der Waals surface area contributed by atoms with Gasteiger partial charge in [0.2, 0.25) is 0 Å². The maximum Gasteiger partial charge on any atom is 0.306 e. The molecule has 0 aromatic carbocycles. The van der Waals surface area contributed by atoms with Crippen molar-refractivity contribution in [1.82, 2.24) is 0 Å². The number of esters is 3. The number of ether oxygens (including phenoxy) is 3. The zero-order valence-electron chi connectivity index (χ0n) is 49.3. The molecule has 0 saturated carbocycles. The highest BCUT2D eigenvalue weighted by molar-refractivity contribution is 5.71. The van der Waals surface area contributed by atoms with Crippen LogP contribution in [0.5, 0.6) is 0 Å². The lowest BCUT2D eigenvalue weighted by molar-refractivity contribution is -0.167. The van der Waals surface area contributed by atoms with E-state index in [0.29, 0.717) is 19.3 Å². The highest BCUT2D eigenvalue weighted by Crippen LogP contribution is 2.16. The molecule has 0 N–H and O–H groups in total. The largest absolute Gasteiger partial charge is 0.462 e. The highest BCUT2D eigenvalue weighted by Gasteiger charge is 2.19. The first-order valence-electron chi connectivity index (χ1n) is 31.7. The molecule has 0 aromatic heterocycles. The summed E-state index contributed by atoms with van der Waals surface area (Å²) in [5.41, 5.74) is 0. The van der Waals surface area contributed by atoms with Gasteiger partial charge in [-0.3, -0.25) is 14.4 Å². The molecule has 1 atom stereocenters. The van der Waals surface area contributed by atoms with E-state index in [4.69, 9.17) is 14.2 Å². The van der Waals surface area contributed by atoms with Gasteiger partial charge in [-0.1, -0.05) is 279 Å². The van der Waals surface area contributed by atoms with Crippen LogP contribution in [0.3, 0.4) is 0 Å². The Morgan fingerprint density at radius 1 is 0.280 bits per heavy atom. The molecule has 0 bridgehead atoms. The summed E-state index contributed by atoms with van der Waals surface area (Å²) in [5, 5.41) is 0. The Morgan fingerprint density at radius 3 is 0.840 bits per heavy atom. The van der Waals surface area contributed by atoms with Gasteiger partial charge in [-0.05, 0) is 103 Å². The Morgan fingerprint density at radius 2 is 0.520 bits per heavy atom. The van der Waals surface area contributed by atoms with Gasteiger partial charge in [0, 0.05) is 19.3 Å². The van der Waals surface area contributed by atoms with Crippen molar-refractivity contribution < 1.29 is 28.6 Å². The van der Waals surface area contributed by atoms with E-state index in [1.54, 1.807) is 0 Å². The molecule has 0 saturated heterocycles. The average Bonchev–Trinajstić information content (AvgIpc) is 3.41. The van der Waals surface area contributed by atoms with E-state index < -0.39 is 6.10 Å². The Kier molecular flexibility index (Phi) is 59.8. The summed E-state index contributed by atoms with van der Waals surface area (Å²) >= 11 is 0. The van der Waals surface area contributed by atoms with Crippen LogP contribution < -0.4 is 0 Å². The van der Waals surface area contributed by atoms with Gasteiger partial charge in [0.1, 0.15) is 13.2 Å². The van der Waals surface area contributed by atoms with Gasteiger partial charge in [0.25, 0.3) is 0 Å². The van der Waals surface area contributed by atoms with E-state index >= 15 is 0 Å². The molecule has 0 fully saturated rings. The van der Waals surface area contributed by atoms with Crippen molar-refractivity contribution in [2.75, 3.05) is 13.2 Å². The van der Waals surface area contributed by atoms with Gasteiger partial charge < -0.3 is 14.2 Å². The van der Waals surface area contributed by atoms with Crippen LogP contribution in [0.2, 0.25) is 0 Å². The van der Waals surface area contributed by atoms with Gasteiger partial charge in [-0.2, -0.15) is 0 Å². The van der Waals surface area contributed by atoms with E-state index in [1.165, 1.54) is 135 Å². The molecule has 75 heavy (non-hydrogen) atoms. The third kappa shape index (κ3) is 61.1. The van der Waals surface area contributed by atoms with Gasteiger partial charge >= 0.3 is 17.9 Å². The predicted octanol–water partition coefficient (Wildman–Crippen LogP) is 21.7.